The molecule has 0 atom stereocenters. The van der Waals surface area contributed by atoms with Gasteiger partial charge in [-0.2, -0.15) is 13.2 Å². The number of aryl methyl sites for hydroxylation is 1. The zero-order valence-corrected chi connectivity index (χ0v) is 16.8. The minimum Gasteiger partial charge on any atom is -0.366 e. The molecular formula is C22H22F3N3O3. The monoisotopic (exact) mass is 433 g/mol. The molecule has 0 aromatic heterocycles. The molecule has 2 aromatic rings. The Bertz CT molecular complexity index is 995. The summed E-state index contributed by atoms with van der Waals surface area (Å²) in [5.41, 5.74) is 6.24. The quantitative estimate of drug-likeness (QED) is 0.772. The average Bonchev–Trinajstić information content (AvgIpc) is 2.72. The number of hydrogen-bond donors (Lipinski definition) is 2. The van der Waals surface area contributed by atoms with Crippen molar-refractivity contribution in [1.82, 2.24) is 4.90 Å². The van der Waals surface area contributed by atoms with Gasteiger partial charge in [0.2, 0.25) is 11.8 Å². The van der Waals surface area contributed by atoms with Crippen LogP contribution in [-0.2, 0) is 11.0 Å². The molecule has 3 rings (SSSR count). The van der Waals surface area contributed by atoms with Gasteiger partial charge in [-0.3, -0.25) is 14.4 Å². The zero-order chi connectivity index (χ0) is 22.8. The van der Waals surface area contributed by atoms with Crippen LogP contribution in [0.3, 0.4) is 0 Å². The maximum Gasteiger partial charge on any atom is 0.416 e. The lowest BCUT2D eigenvalue weighted by atomic mass is 9.95. The Morgan fingerprint density at radius 3 is 2.16 bits per heavy atom. The topological polar surface area (TPSA) is 92.5 Å². The molecular weight excluding hydrogens is 411 g/mol. The van der Waals surface area contributed by atoms with Gasteiger partial charge < -0.3 is 16.0 Å². The van der Waals surface area contributed by atoms with E-state index in [2.05, 4.69) is 5.32 Å². The first-order valence-corrected chi connectivity index (χ1v) is 9.74. The molecule has 1 saturated heterocycles. The largest absolute Gasteiger partial charge is 0.416 e. The Morgan fingerprint density at radius 2 is 1.65 bits per heavy atom. The number of primary amides is 1. The van der Waals surface area contributed by atoms with Crippen LogP contribution in [0.1, 0.15) is 44.7 Å². The Morgan fingerprint density at radius 1 is 1.03 bits per heavy atom. The summed E-state index contributed by atoms with van der Waals surface area (Å²) in [6.45, 7) is 2.39. The maximum absolute atomic E-state index is 12.7. The molecule has 0 spiro atoms. The summed E-state index contributed by atoms with van der Waals surface area (Å²) in [6.07, 6.45) is -3.57. The van der Waals surface area contributed by atoms with Gasteiger partial charge in [-0.1, -0.05) is 0 Å². The predicted octanol–water partition coefficient (Wildman–Crippen LogP) is 3.60. The predicted molar refractivity (Wildman–Crippen MR) is 108 cm³/mol. The normalized spacial score (nSPS) is 14.9. The van der Waals surface area contributed by atoms with Crippen LogP contribution in [0, 0.1) is 12.8 Å². The van der Waals surface area contributed by atoms with Gasteiger partial charge in [0.15, 0.2) is 0 Å². The van der Waals surface area contributed by atoms with E-state index in [1.165, 1.54) is 17.0 Å². The number of carbonyl (C=O) groups excluding carboxylic acids is 3. The van der Waals surface area contributed by atoms with Gasteiger partial charge in [0, 0.05) is 35.8 Å². The number of nitrogens with one attached hydrogen (secondary N) is 1. The highest BCUT2D eigenvalue weighted by Gasteiger charge is 2.31. The van der Waals surface area contributed by atoms with E-state index in [9.17, 15) is 27.6 Å². The van der Waals surface area contributed by atoms with Gasteiger partial charge >= 0.3 is 6.18 Å². The van der Waals surface area contributed by atoms with Crippen LogP contribution in [0.15, 0.2) is 42.5 Å². The number of nitrogens with zero attached hydrogens (tertiary/aromatic N) is 1. The number of amides is 3. The fraction of sp³-hybridized carbons (Fsp3) is 0.318. The summed E-state index contributed by atoms with van der Waals surface area (Å²) >= 11 is 0. The van der Waals surface area contributed by atoms with Crippen LogP contribution in [0.4, 0.5) is 18.9 Å². The Labute approximate surface area is 177 Å². The van der Waals surface area contributed by atoms with Crippen LogP contribution in [0.25, 0.3) is 0 Å². The van der Waals surface area contributed by atoms with Gasteiger partial charge in [0.05, 0.1) is 5.56 Å². The number of benzene rings is 2. The van der Waals surface area contributed by atoms with Crippen molar-refractivity contribution >= 4 is 23.4 Å². The van der Waals surface area contributed by atoms with Crippen molar-refractivity contribution in [1.29, 1.82) is 0 Å². The molecule has 0 bridgehead atoms. The van der Waals surface area contributed by atoms with Crippen molar-refractivity contribution in [3.63, 3.8) is 0 Å². The molecule has 1 aliphatic rings. The lowest BCUT2D eigenvalue weighted by Crippen LogP contribution is -2.41. The molecule has 3 amide bonds. The van der Waals surface area contributed by atoms with Crippen LogP contribution >= 0.6 is 0 Å². The number of piperidine rings is 1. The SMILES string of the molecule is Cc1cc(NC(=O)C2CCN(C(=O)c3ccc(C(F)(F)F)cc3)CC2)ccc1C(N)=O. The first-order chi connectivity index (χ1) is 14.6. The van der Waals surface area contributed by atoms with E-state index < -0.39 is 17.6 Å². The number of hydrogen-bond acceptors (Lipinski definition) is 3. The minimum absolute atomic E-state index is 0.181. The fourth-order valence-corrected chi connectivity index (χ4v) is 3.59. The highest BCUT2D eigenvalue weighted by Crippen LogP contribution is 2.29. The zero-order valence-electron chi connectivity index (χ0n) is 16.8. The molecule has 6 nitrogen and oxygen atoms in total. The summed E-state index contributed by atoms with van der Waals surface area (Å²) in [6, 6.07) is 8.94. The van der Waals surface area contributed by atoms with Crippen molar-refractivity contribution in [2.24, 2.45) is 11.7 Å². The van der Waals surface area contributed by atoms with Gasteiger partial charge in [0.25, 0.3) is 5.91 Å². The van der Waals surface area contributed by atoms with E-state index in [-0.39, 0.29) is 23.3 Å². The molecule has 1 aliphatic heterocycles. The Kier molecular flexibility index (Phi) is 6.33. The van der Waals surface area contributed by atoms with Crippen molar-refractivity contribution < 1.29 is 27.6 Å². The lowest BCUT2D eigenvalue weighted by molar-refractivity contribution is -0.137. The third kappa shape index (κ3) is 5.22. The smallest absolute Gasteiger partial charge is 0.366 e. The van der Waals surface area contributed by atoms with Crippen molar-refractivity contribution in [2.45, 2.75) is 25.9 Å². The molecule has 0 saturated carbocycles. The molecule has 0 aliphatic carbocycles. The Hall–Kier alpha value is -3.36. The number of halogens is 3. The second kappa shape index (κ2) is 8.79. The van der Waals surface area contributed by atoms with E-state index in [1.54, 1.807) is 25.1 Å². The van der Waals surface area contributed by atoms with Crippen LogP contribution in [-0.4, -0.2) is 35.7 Å². The minimum atomic E-state index is -4.45. The van der Waals surface area contributed by atoms with Gasteiger partial charge in [0.1, 0.15) is 0 Å². The Balaban J connectivity index is 1.56. The molecule has 0 unspecified atom stereocenters. The lowest BCUT2D eigenvalue weighted by Gasteiger charge is -2.31. The standard InChI is InChI=1S/C22H22F3N3O3/c1-13-12-17(6-7-18(13)19(26)29)27-20(30)14-8-10-28(11-9-14)21(31)15-2-4-16(5-3-15)22(23,24)25/h2-7,12,14H,8-11H2,1H3,(H2,26,29)(H,27,30). The van der Waals surface area contributed by atoms with E-state index in [1.807, 2.05) is 0 Å². The molecule has 2 aromatic carbocycles. The summed E-state index contributed by atoms with van der Waals surface area (Å²) in [7, 11) is 0. The van der Waals surface area contributed by atoms with E-state index in [4.69, 9.17) is 5.73 Å². The number of rotatable bonds is 4. The molecule has 3 N–H and O–H groups in total. The van der Waals surface area contributed by atoms with Gasteiger partial charge in [-0.15, -0.1) is 0 Å². The van der Waals surface area contributed by atoms with E-state index >= 15 is 0 Å². The van der Waals surface area contributed by atoms with Crippen LogP contribution < -0.4 is 11.1 Å². The maximum atomic E-state index is 12.7. The number of likely N-dealkylation sites (tertiary alicyclic amines) is 1. The van der Waals surface area contributed by atoms with E-state index in [0.29, 0.717) is 42.7 Å². The highest BCUT2D eigenvalue weighted by atomic mass is 19.4. The molecule has 1 fully saturated rings. The summed E-state index contributed by atoms with van der Waals surface area (Å²) in [5.74, 6) is -1.38. The number of nitrogens with two attached hydrogens (primary N) is 1. The van der Waals surface area contributed by atoms with Crippen molar-refractivity contribution in [2.75, 3.05) is 18.4 Å². The molecule has 0 radical (unpaired) electrons. The van der Waals surface area contributed by atoms with Crippen molar-refractivity contribution in [3.8, 4) is 0 Å². The summed E-state index contributed by atoms with van der Waals surface area (Å²) in [5, 5.41) is 2.81. The van der Waals surface area contributed by atoms with Crippen LogP contribution in [0.2, 0.25) is 0 Å². The third-order valence-corrected chi connectivity index (χ3v) is 5.37. The van der Waals surface area contributed by atoms with Crippen LogP contribution in [0.5, 0.6) is 0 Å². The highest BCUT2D eigenvalue weighted by molar-refractivity contribution is 5.97. The third-order valence-electron chi connectivity index (χ3n) is 5.37. The van der Waals surface area contributed by atoms with Gasteiger partial charge in [-0.05, 0) is 67.8 Å². The second-order valence-corrected chi connectivity index (χ2v) is 7.52. The number of alkyl halides is 3. The second-order valence-electron chi connectivity index (χ2n) is 7.52. The molecule has 31 heavy (non-hydrogen) atoms. The first kappa shape index (κ1) is 22.3. The number of carbonyl (C=O) groups is 3. The molecule has 1 heterocycles. The van der Waals surface area contributed by atoms with E-state index in [0.717, 1.165) is 12.1 Å². The fourth-order valence-electron chi connectivity index (χ4n) is 3.59. The van der Waals surface area contributed by atoms with Gasteiger partial charge in [-0.25, -0.2) is 0 Å². The first-order valence-electron chi connectivity index (χ1n) is 9.74. The number of anilines is 1. The molecule has 9 heteroatoms. The van der Waals surface area contributed by atoms with Crippen molar-refractivity contribution in [3.05, 3.63) is 64.7 Å². The summed E-state index contributed by atoms with van der Waals surface area (Å²) in [4.78, 5) is 38.0. The molecule has 164 valence electrons. The average molecular weight is 433 g/mol. The summed E-state index contributed by atoms with van der Waals surface area (Å²) < 4.78 is 38.0.